The number of benzene rings is 1. The lowest BCUT2D eigenvalue weighted by Crippen LogP contribution is -2.47. The number of fused-ring (bicyclic) bond motifs is 5. The standard InChI is InChI=1S/C26H26N4O5/c1-3-26(35-14(2)31)19-11-21-22-17(12-30(21)24(32)18(19)13-34-25(26)33)23(29-8-4-5-9-29)16-10-15(27)6-7-20(16)28-22/h6-7,10-11H,3-5,8-9,12-13,27H2,1-2H3/t26-/m0/s1. The van der Waals surface area contributed by atoms with Gasteiger partial charge in [0, 0.05) is 42.2 Å². The molecule has 1 fully saturated rings. The molecule has 180 valence electrons. The number of rotatable bonds is 3. The summed E-state index contributed by atoms with van der Waals surface area (Å²) >= 11 is 0. The Morgan fingerprint density at radius 3 is 2.69 bits per heavy atom. The van der Waals surface area contributed by atoms with Gasteiger partial charge in [-0.1, -0.05) is 6.92 Å². The molecule has 1 atom stereocenters. The number of anilines is 2. The van der Waals surface area contributed by atoms with Crippen molar-refractivity contribution >= 4 is 34.2 Å². The molecule has 0 amide bonds. The lowest BCUT2D eigenvalue weighted by Gasteiger charge is -2.35. The van der Waals surface area contributed by atoms with Crippen molar-refractivity contribution in [2.24, 2.45) is 0 Å². The number of aromatic nitrogens is 2. The quantitative estimate of drug-likeness (QED) is 0.356. The van der Waals surface area contributed by atoms with Crippen LogP contribution in [0.15, 0.2) is 29.1 Å². The van der Waals surface area contributed by atoms with Crippen LogP contribution in [0.2, 0.25) is 0 Å². The van der Waals surface area contributed by atoms with E-state index in [0.29, 0.717) is 34.7 Å². The highest BCUT2D eigenvalue weighted by Gasteiger charge is 2.50. The minimum Gasteiger partial charge on any atom is -0.457 e. The summed E-state index contributed by atoms with van der Waals surface area (Å²) in [6.45, 7) is 5.04. The fraction of sp³-hybridized carbons (Fsp3) is 0.385. The van der Waals surface area contributed by atoms with Gasteiger partial charge in [-0.15, -0.1) is 0 Å². The van der Waals surface area contributed by atoms with E-state index in [1.165, 1.54) is 6.92 Å². The zero-order valence-corrected chi connectivity index (χ0v) is 19.7. The van der Waals surface area contributed by atoms with Crippen LogP contribution >= 0.6 is 0 Å². The fourth-order valence-electron chi connectivity index (χ4n) is 5.78. The van der Waals surface area contributed by atoms with Gasteiger partial charge in [0.25, 0.3) is 5.56 Å². The maximum absolute atomic E-state index is 13.7. The number of hydrogen-bond acceptors (Lipinski definition) is 8. The average Bonchev–Trinajstić information content (AvgIpc) is 3.48. The maximum atomic E-state index is 13.7. The Kier molecular flexibility index (Phi) is 4.67. The summed E-state index contributed by atoms with van der Waals surface area (Å²) < 4.78 is 12.6. The Morgan fingerprint density at radius 1 is 1.20 bits per heavy atom. The molecular formula is C26H26N4O5. The van der Waals surface area contributed by atoms with Gasteiger partial charge in [0.15, 0.2) is 0 Å². The molecule has 0 saturated carbocycles. The molecule has 0 aliphatic carbocycles. The fourth-order valence-corrected chi connectivity index (χ4v) is 5.78. The van der Waals surface area contributed by atoms with Gasteiger partial charge in [-0.05, 0) is 43.5 Å². The van der Waals surface area contributed by atoms with Gasteiger partial charge in [0.2, 0.25) is 5.60 Å². The Balaban J connectivity index is 1.64. The van der Waals surface area contributed by atoms with Crippen LogP contribution in [0.4, 0.5) is 11.4 Å². The summed E-state index contributed by atoms with van der Waals surface area (Å²) in [6, 6.07) is 7.46. The van der Waals surface area contributed by atoms with Crippen molar-refractivity contribution in [1.29, 1.82) is 0 Å². The first-order valence-electron chi connectivity index (χ1n) is 12.0. The molecule has 0 spiro atoms. The van der Waals surface area contributed by atoms with Crippen LogP contribution in [0.5, 0.6) is 0 Å². The van der Waals surface area contributed by atoms with Crippen LogP contribution in [0, 0.1) is 0 Å². The maximum Gasteiger partial charge on any atom is 0.355 e. The number of hydrogen-bond donors (Lipinski definition) is 1. The predicted octanol–water partition coefficient (Wildman–Crippen LogP) is 2.83. The van der Waals surface area contributed by atoms with Crippen LogP contribution in [-0.4, -0.2) is 34.6 Å². The molecule has 5 heterocycles. The predicted molar refractivity (Wildman–Crippen MR) is 130 cm³/mol. The third kappa shape index (κ3) is 3.00. The van der Waals surface area contributed by atoms with Gasteiger partial charge >= 0.3 is 11.9 Å². The summed E-state index contributed by atoms with van der Waals surface area (Å²) in [5.41, 5.74) is 9.74. The highest BCUT2D eigenvalue weighted by Crippen LogP contribution is 2.45. The third-order valence-electron chi connectivity index (χ3n) is 7.39. The Hall–Kier alpha value is -3.88. The second-order valence-electron chi connectivity index (χ2n) is 9.42. The number of carbonyl (C=O) groups excluding carboxylic acids is 2. The Labute approximate surface area is 201 Å². The van der Waals surface area contributed by atoms with Crippen molar-refractivity contribution in [2.45, 2.75) is 51.9 Å². The number of nitrogens with zero attached hydrogens (tertiary/aromatic N) is 3. The van der Waals surface area contributed by atoms with Gasteiger partial charge in [0.05, 0.1) is 34.7 Å². The van der Waals surface area contributed by atoms with Crippen molar-refractivity contribution in [1.82, 2.24) is 9.55 Å². The van der Waals surface area contributed by atoms with E-state index in [2.05, 4.69) is 4.90 Å². The lowest BCUT2D eigenvalue weighted by atomic mass is 9.85. The van der Waals surface area contributed by atoms with E-state index in [1.807, 2.05) is 18.2 Å². The molecular weight excluding hydrogens is 448 g/mol. The second-order valence-corrected chi connectivity index (χ2v) is 9.42. The minimum absolute atomic E-state index is 0.150. The van der Waals surface area contributed by atoms with Gasteiger partial charge in [-0.3, -0.25) is 9.59 Å². The third-order valence-corrected chi connectivity index (χ3v) is 7.39. The topological polar surface area (TPSA) is 117 Å². The molecule has 6 rings (SSSR count). The normalized spacial score (nSPS) is 20.4. The molecule has 3 aromatic rings. The van der Waals surface area contributed by atoms with Crippen LogP contribution in [0.3, 0.4) is 0 Å². The van der Waals surface area contributed by atoms with E-state index in [0.717, 1.165) is 48.1 Å². The van der Waals surface area contributed by atoms with Crippen molar-refractivity contribution in [3.05, 3.63) is 51.3 Å². The molecule has 3 aliphatic rings. The highest BCUT2D eigenvalue weighted by molar-refractivity contribution is 5.99. The van der Waals surface area contributed by atoms with E-state index >= 15 is 0 Å². The molecule has 0 unspecified atom stereocenters. The lowest BCUT2D eigenvalue weighted by molar-refractivity contribution is -0.188. The SMILES string of the molecule is CC[C@@]1(OC(C)=O)C(=O)OCc2c1cc1n(c2=O)Cc2c-1nc1ccc(N)cc1c2N1CCCC1. The number of nitrogens with two attached hydrogens (primary N) is 1. The van der Waals surface area contributed by atoms with E-state index in [-0.39, 0.29) is 18.6 Å². The van der Waals surface area contributed by atoms with E-state index in [9.17, 15) is 14.4 Å². The summed E-state index contributed by atoms with van der Waals surface area (Å²) in [5, 5.41) is 0.970. The van der Waals surface area contributed by atoms with Crippen molar-refractivity contribution in [3.63, 3.8) is 0 Å². The molecule has 3 aliphatic heterocycles. The molecule has 0 bridgehead atoms. The molecule has 1 saturated heterocycles. The summed E-state index contributed by atoms with van der Waals surface area (Å²) in [4.78, 5) is 45.9. The molecule has 9 heteroatoms. The summed E-state index contributed by atoms with van der Waals surface area (Å²) in [7, 11) is 0. The summed E-state index contributed by atoms with van der Waals surface area (Å²) in [6.07, 6.45) is 2.35. The number of carbonyl (C=O) groups is 2. The molecule has 0 radical (unpaired) electrons. The van der Waals surface area contributed by atoms with Gasteiger partial charge in [-0.2, -0.15) is 0 Å². The Bertz CT molecular complexity index is 1490. The van der Waals surface area contributed by atoms with Crippen LogP contribution in [-0.2, 0) is 37.8 Å². The molecule has 2 N–H and O–H groups in total. The number of nitrogen functional groups attached to an aromatic ring is 1. The smallest absolute Gasteiger partial charge is 0.355 e. The Morgan fingerprint density at radius 2 is 1.97 bits per heavy atom. The first-order chi connectivity index (χ1) is 16.8. The largest absolute Gasteiger partial charge is 0.457 e. The van der Waals surface area contributed by atoms with E-state index < -0.39 is 17.5 Å². The van der Waals surface area contributed by atoms with E-state index in [4.69, 9.17) is 20.2 Å². The molecule has 2 aromatic heterocycles. The van der Waals surface area contributed by atoms with Gasteiger partial charge < -0.3 is 24.7 Å². The second kappa shape index (κ2) is 7.56. The first kappa shape index (κ1) is 21.6. The van der Waals surface area contributed by atoms with Crippen molar-refractivity contribution in [2.75, 3.05) is 23.7 Å². The zero-order valence-electron chi connectivity index (χ0n) is 19.7. The van der Waals surface area contributed by atoms with Gasteiger partial charge in [0.1, 0.15) is 6.61 Å². The summed E-state index contributed by atoms with van der Waals surface area (Å²) in [5.74, 6) is -1.28. The zero-order chi connectivity index (χ0) is 24.5. The van der Waals surface area contributed by atoms with Crippen LogP contribution < -0.4 is 16.2 Å². The average molecular weight is 475 g/mol. The number of esters is 2. The minimum atomic E-state index is -1.65. The van der Waals surface area contributed by atoms with Crippen LogP contribution in [0.25, 0.3) is 22.3 Å². The number of cyclic esters (lactones) is 1. The van der Waals surface area contributed by atoms with Crippen molar-refractivity contribution < 1.29 is 19.1 Å². The van der Waals surface area contributed by atoms with Crippen LogP contribution in [0.1, 0.15) is 49.8 Å². The number of pyridine rings is 2. The van der Waals surface area contributed by atoms with E-state index in [1.54, 1.807) is 17.6 Å². The molecule has 9 nitrogen and oxygen atoms in total. The van der Waals surface area contributed by atoms with Gasteiger partial charge in [-0.25, -0.2) is 9.78 Å². The number of ether oxygens (including phenoxy) is 2. The highest BCUT2D eigenvalue weighted by atomic mass is 16.6. The molecule has 35 heavy (non-hydrogen) atoms. The first-order valence-corrected chi connectivity index (χ1v) is 12.0. The monoisotopic (exact) mass is 474 g/mol. The molecule has 1 aromatic carbocycles. The van der Waals surface area contributed by atoms with Crippen molar-refractivity contribution in [3.8, 4) is 11.4 Å².